The molecule has 4 heteroatoms. The van der Waals surface area contributed by atoms with Gasteiger partial charge in [0.1, 0.15) is 5.60 Å². The van der Waals surface area contributed by atoms with Crippen molar-refractivity contribution in [3.8, 4) is 0 Å². The van der Waals surface area contributed by atoms with Gasteiger partial charge in [-0.3, -0.25) is 5.01 Å². The van der Waals surface area contributed by atoms with Crippen molar-refractivity contribution in [3.63, 3.8) is 0 Å². The van der Waals surface area contributed by atoms with Crippen LogP contribution in [-0.2, 0) is 4.74 Å². The zero-order chi connectivity index (χ0) is 15.3. The first-order chi connectivity index (χ1) is 9.96. The van der Waals surface area contributed by atoms with Crippen LogP contribution in [0.1, 0.15) is 20.8 Å². The third-order valence-electron chi connectivity index (χ3n) is 2.63. The summed E-state index contributed by atoms with van der Waals surface area (Å²) < 4.78 is 5.32. The first-order valence-electron chi connectivity index (χ1n) is 6.85. The van der Waals surface area contributed by atoms with E-state index >= 15 is 0 Å². The van der Waals surface area contributed by atoms with E-state index in [1.165, 1.54) is 0 Å². The van der Waals surface area contributed by atoms with Gasteiger partial charge in [-0.1, -0.05) is 36.4 Å². The maximum Gasteiger partial charge on any atom is 0.426 e. The third kappa shape index (κ3) is 4.53. The summed E-state index contributed by atoms with van der Waals surface area (Å²) in [6.45, 7) is 5.51. The highest BCUT2D eigenvalue weighted by Crippen LogP contribution is 2.22. The molecule has 0 spiro atoms. The molecule has 0 bridgehead atoms. The average Bonchev–Trinajstić information content (AvgIpc) is 2.45. The molecule has 110 valence electrons. The Morgan fingerprint density at radius 3 is 1.71 bits per heavy atom. The van der Waals surface area contributed by atoms with Gasteiger partial charge in [0.05, 0.1) is 11.4 Å². The summed E-state index contributed by atoms with van der Waals surface area (Å²) in [5.41, 5.74) is 3.95. The Morgan fingerprint density at radius 1 is 0.905 bits per heavy atom. The minimum Gasteiger partial charge on any atom is -0.443 e. The van der Waals surface area contributed by atoms with Crippen LogP contribution >= 0.6 is 0 Å². The summed E-state index contributed by atoms with van der Waals surface area (Å²) in [6, 6.07) is 19.2. The molecule has 0 saturated carbocycles. The van der Waals surface area contributed by atoms with Gasteiger partial charge in [0, 0.05) is 0 Å². The van der Waals surface area contributed by atoms with E-state index < -0.39 is 11.7 Å². The number of ether oxygens (including phenoxy) is 1. The van der Waals surface area contributed by atoms with E-state index in [0.717, 1.165) is 11.4 Å². The molecule has 21 heavy (non-hydrogen) atoms. The predicted molar refractivity (Wildman–Crippen MR) is 84.4 cm³/mol. The molecule has 0 aliphatic rings. The van der Waals surface area contributed by atoms with Crippen LogP contribution in [-0.4, -0.2) is 11.7 Å². The highest BCUT2D eigenvalue weighted by molar-refractivity contribution is 5.75. The number of nitrogens with one attached hydrogen (secondary N) is 1. The second kappa shape index (κ2) is 6.31. The minimum absolute atomic E-state index is 0.491. The number of rotatable bonds is 3. The lowest BCUT2D eigenvalue weighted by atomic mass is 10.2. The first kappa shape index (κ1) is 14.9. The topological polar surface area (TPSA) is 41.6 Å². The first-order valence-corrected chi connectivity index (χ1v) is 6.85. The van der Waals surface area contributed by atoms with E-state index in [2.05, 4.69) is 5.43 Å². The highest BCUT2D eigenvalue weighted by atomic mass is 16.6. The van der Waals surface area contributed by atoms with E-state index in [-0.39, 0.29) is 0 Å². The number of hydrazine groups is 1. The number of anilines is 2. The molecule has 0 fully saturated rings. The van der Waals surface area contributed by atoms with Crippen molar-refractivity contribution in [1.82, 2.24) is 5.43 Å². The van der Waals surface area contributed by atoms with Gasteiger partial charge >= 0.3 is 6.09 Å². The lowest BCUT2D eigenvalue weighted by molar-refractivity contribution is 0.0528. The molecule has 0 radical (unpaired) electrons. The lowest BCUT2D eigenvalue weighted by Gasteiger charge is -2.27. The Labute approximate surface area is 125 Å². The fourth-order valence-corrected chi connectivity index (χ4v) is 1.82. The van der Waals surface area contributed by atoms with Gasteiger partial charge in [0.2, 0.25) is 0 Å². The van der Waals surface area contributed by atoms with Crippen LogP contribution in [0.5, 0.6) is 0 Å². The quantitative estimate of drug-likeness (QED) is 0.856. The molecule has 0 saturated heterocycles. The maximum absolute atomic E-state index is 12.0. The summed E-state index contributed by atoms with van der Waals surface area (Å²) >= 11 is 0. The number of nitrogens with zero attached hydrogens (tertiary/aromatic N) is 1. The molecule has 1 N–H and O–H groups in total. The zero-order valence-electron chi connectivity index (χ0n) is 12.5. The zero-order valence-corrected chi connectivity index (χ0v) is 12.5. The molecule has 0 heterocycles. The number of hydrogen-bond donors (Lipinski definition) is 1. The summed E-state index contributed by atoms with van der Waals surface area (Å²) in [5.74, 6) is 0. The lowest BCUT2D eigenvalue weighted by Crippen LogP contribution is -2.42. The number of para-hydroxylation sites is 2. The molecular formula is C17H20N2O2. The molecule has 0 unspecified atom stereocenters. The van der Waals surface area contributed by atoms with Crippen LogP contribution in [0.25, 0.3) is 0 Å². The van der Waals surface area contributed by atoms with E-state index in [9.17, 15) is 4.79 Å². The van der Waals surface area contributed by atoms with Crippen LogP contribution in [0.2, 0.25) is 0 Å². The SMILES string of the molecule is CC(C)(C)OC(=O)NN(c1ccccc1)c1ccccc1. The van der Waals surface area contributed by atoms with Crippen molar-refractivity contribution >= 4 is 17.5 Å². The van der Waals surface area contributed by atoms with Crippen molar-refractivity contribution in [3.05, 3.63) is 60.7 Å². The highest BCUT2D eigenvalue weighted by Gasteiger charge is 2.19. The Bertz CT molecular complexity index is 537. The molecule has 2 rings (SSSR count). The van der Waals surface area contributed by atoms with Crippen molar-refractivity contribution in [1.29, 1.82) is 0 Å². The van der Waals surface area contributed by atoms with Crippen molar-refractivity contribution < 1.29 is 9.53 Å². The number of carbonyl (C=O) groups excluding carboxylic acids is 1. The number of amides is 1. The molecule has 0 aliphatic heterocycles. The Kier molecular flexibility index (Phi) is 4.48. The van der Waals surface area contributed by atoms with Crippen molar-refractivity contribution in [2.75, 3.05) is 5.01 Å². The molecule has 2 aromatic carbocycles. The van der Waals surface area contributed by atoms with Crippen molar-refractivity contribution in [2.45, 2.75) is 26.4 Å². The molecule has 0 aromatic heterocycles. The van der Waals surface area contributed by atoms with Crippen LogP contribution in [0.3, 0.4) is 0 Å². The van der Waals surface area contributed by atoms with Gasteiger partial charge in [-0.05, 0) is 45.0 Å². The van der Waals surface area contributed by atoms with Crippen LogP contribution in [0.4, 0.5) is 16.2 Å². The summed E-state index contributed by atoms with van der Waals surface area (Å²) in [4.78, 5) is 12.0. The summed E-state index contributed by atoms with van der Waals surface area (Å²) in [7, 11) is 0. The normalized spacial score (nSPS) is 10.8. The van der Waals surface area contributed by atoms with Gasteiger partial charge in [-0.25, -0.2) is 10.2 Å². The molecule has 0 aliphatic carbocycles. The molecule has 1 amide bonds. The van der Waals surface area contributed by atoms with Gasteiger partial charge < -0.3 is 4.74 Å². The van der Waals surface area contributed by atoms with Crippen LogP contribution < -0.4 is 10.4 Å². The summed E-state index contributed by atoms with van der Waals surface area (Å²) in [6.07, 6.45) is -0.491. The average molecular weight is 284 g/mol. The Hall–Kier alpha value is -2.49. The van der Waals surface area contributed by atoms with Crippen LogP contribution in [0, 0.1) is 0 Å². The predicted octanol–water partition coefficient (Wildman–Crippen LogP) is 4.26. The molecule has 4 nitrogen and oxygen atoms in total. The second-order valence-corrected chi connectivity index (χ2v) is 5.62. The number of carbonyl (C=O) groups is 1. The van der Waals surface area contributed by atoms with E-state index in [0.29, 0.717) is 0 Å². The van der Waals surface area contributed by atoms with Gasteiger partial charge in [0.25, 0.3) is 0 Å². The third-order valence-corrected chi connectivity index (χ3v) is 2.63. The largest absolute Gasteiger partial charge is 0.443 e. The van der Waals surface area contributed by atoms with Gasteiger partial charge in [-0.2, -0.15) is 0 Å². The molecule has 2 aromatic rings. The Morgan fingerprint density at radius 2 is 1.33 bits per heavy atom. The molecular weight excluding hydrogens is 264 g/mol. The van der Waals surface area contributed by atoms with E-state index in [1.807, 2.05) is 81.4 Å². The van der Waals surface area contributed by atoms with E-state index in [1.54, 1.807) is 5.01 Å². The monoisotopic (exact) mass is 284 g/mol. The number of hydrogen-bond acceptors (Lipinski definition) is 3. The smallest absolute Gasteiger partial charge is 0.426 e. The second-order valence-electron chi connectivity index (χ2n) is 5.62. The standard InChI is InChI=1S/C17H20N2O2/c1-17(2,3)21-16(20)18-19(14-10-6-4-7-11-14)15-12-8-5-9-13-15/h4-13H,1-3H3,(H,18,20). The fourth-order valence-electron chi connectivity index (χ4n) is 1.82. The van der Waals surface area contributed by atoms with E-state index in [4.69, 9.17) is 4.74 Å². The van der Waals surface area contributed by atoms with Gasteiger partial charge in [-0.15, -0.1) is 0 Å². The number of benzene rings is 2. The maximum atomic E-state index is 12.0. The Balaban J connectivity index is 2.24. The van der Waals surface area contributed by atoms with Crippen LogP contribution in [0.15, 0.2) is 60.7 Å². The molecule has 0 atom stereocenters. The summed E-state index contributed by atoms with van der Waals surface area (Å²) in [5, 5.41) is 1.70. The van der Waals surface area contributed by atoms with Gasteiger partial charge in [0.15, 0.2) is 0 Å². The van der Waals surface area contributed by atoms with Crippen molar-refractivity contribution in [2.24, 2.45) is 0 Å². The minimum atomic E-state index is -0.539. The fraction of sp³-hybridized carbons (Fsp3) is 0.235.